The van der Waals surface area contributed by atoms with Gasteiger partial charge in [-0.15, -0.1) is 0 Å². The SMILES string of the molecule is Cc1nonc1OCCNC(=O)CN1CCN(c2ncccn2)CC1. The van der Waals surface area contributed by atoms with Crippen molar-refractivity contribution in [2.45, 2.75) is 6.92 Å². The maximum atomic E-state index is 12.0. The number of ether oxygens (including phenoxy) is 1. The highest BCUT2D eigenvalue weighted by Gasteiger charge is 2.20. The molecule has 1 fully saturated rings. The molecule has 1 N–H and O–H groups in total. The number of anilines is 1. The predicted octanol–water partition coefficient (Wildman–Crippen LogP) is -0.515. The van der Waals surface area contributed by atoms with Crippen molar-refractivity contribution in [2.24, 2.45) is 0 Å². The number of nitrogens with one attached hydrogen (secondary N) is 1. The number of rotatable bonds is 7. The van der Waals surface area contributed by atoms with E-state index < -0.39 is 0 Å². The van der Waals surface area contributed by atoms with Crippen molar-refractivity contribution in [2.75, 3.05) is 50.8 Å². The largest absolute Gasteiger partial charge is 0.472 e. The van der Waals surface area contributed by atoms with E-state index in [2.05, 4.69) is 40.0 Å². The molecule has 1 saturated heterocycles. The highest BCUT2D eigenvalue weighted by atomic mass is 16.6. The average Bonchev–Trinajstić information content (AvgIpc) is 3.05. The molecule has 2 aromatic heterocycles. The predicted molar refractivity (Wildman–Crippen MR) is 88.2 cm³/mol. The second kappa shape index (κ2) is 8.38. The van der Waals surface area contributed by atoms with Crippen molar-refractivity contribution in [3.63, 3.8) is 0 Å². The van der Waals surface area contributed by atoms with Gasteiger partial charge < -0.3 is 15.0 Å². The standard InChI is InChI=1S/C15H21N7O3/c1-12-14(20-25-19-12)24-10-5-16-13(23)11-21-6-8-22(9-7-21)15-17-3-2-4-18-15/h2-4H,5-11H2,1H3,(H,16,23). The van der Waals surface area contributed by atoms with Crippen molar-refractivity contribution in [1.82, 2.24) is 30.5 Å². The molecule has 0 aromatic carbocycles. The number of hydrogen-bond acceptors (Lipinski definition) is 9. The molecule has 1 amide bonds. The lowest BCUT2D eigenvalue weighted by molar-refractivity contribution is -0.122. The minimum atomic E-state index is -0.0250. The normalized spacial score (nSPS) is 15.2. The molecule has 10 nitrogen and oxygen atoms in total. The van der Waals surface area contributed by atoms with E-state index in [1.807, 2.05) is 0 Å². The van der Waals surface area contributed by atoms with E-state index in [0.717, 1.165) is 32.1 Å². The van der Waals surface area contributed by atoms with Crippen LogP contribution in [0.1, 0.15) is 5.69 Å². The van der Waals surface area contributed by atoms with Crippen LogP contribution in [0.3, 0.4) is 0 Å². The van der Waals surface area contributed by atoms with Crippen LogP contribution in [0, 0.1) is 6.92 Å². The van der Waals surface area contributed by atoms with Crippen molar-refractivity contribution in [1.29, 1.82) is 0 Å². The molecule has 0 saturated carbocycles. The van der Waals surface area contributed by atoms with Crippen LogP contribution in [-0.2, 0) is 4.79 Å². The number of carbonyl (C=O) groups is 1. The molecular formula is C15H21N7O3. The number of piperazine rings is 1. The molecule has 25 heavy (non-hydrogen) atoms. The van der Waals surface area contributed by atoms with Gasteiger partial charge in [-0.25, -0.2) is 14.6 Å². The Hall–Kier alpha value is -2.75. The second-order valence-corrected chi connectivity index (χ2v) is 5.67. The smallest absolute Gasteiger partial charge is 0.278 e. The lowest BCUT2D eigenvalue weighted by atomic mass is 10.3. The fourth-order valence-electron chi connectivity index (χ4n) is 2.51. The third-order valence-electron chi connectivity index (χ3n) is 3.85. The number of carbonyl (C=O) groups excluding carboxylic acids is 1. The molecule has 2 aromatic rings. The van der Waals surface area contributed by atoms with Gasteiger partial charge in [-0.2, -0.15) is 0 Å². The number of nitrogens with zero attached hydrogens (tertiary/aromatic N) is 6. The lowest BCUT2D eigenvalue weighted by Crippen LogP contribution is -2.50. The van der Waals surface area contributed by atoms with E-state index >= 15 is 0 Å². The summed E-state index contributed by atoms with van der Waals surface area (Å²) in [5.41, 5.74) is 0.589. The highest BCUT2D eigenvalue weighted by molar-refractivity contribution is 5.78. The fraction of sp³-hybridized carbons (Fsp3) is 0.533. The van der Waals surface area contributed by atoms with Gasteiger partial charge in [0.1, 0.15) is 12.3 Å². The van der Waals surface area contributed by atoms with Gasteiger partial charge in [0.2, 0.25) is 11.9 Å². The summed E-state index contributed by atoms with van der Waals surface area (Å²) >= 11 is 0. The molecule has 0 unspecified atom stereocenters. The Morgan fingerprint density at radius 2 is 2.00 bits per heavy atom. The van der Waals surface area contributed by atoms with Crippen molar-refractivity contribution >= 4 is 11.9 Å². The fourth-order valence-corrected chi connectivity index (χ4v) is 2.51. The quantitative estimate of drug-likeness (QED) is 0.662. The average molecular weight is 347 g/mol. The number of amides is 1. The van der Waals surface area contributed by atoms with Crippen molar-refractivity contribution < 1.29 is 14.2 Å². The Bertz CT molecular complexity index is 671. The molecule has 0 radical (unpaired) electrons. The van der Waals surface area contributed by atoms with Crippen LogP contribution in [-0.4, -0.2) is 77.0 Å². The summed E-state index contributed by atoms with van der Waals surface area (Å²) in [5.74, 6) is 1.07. The Kier molecular flexibility index (Phi) is 5.73. The van der Waals surface area contributed by atoms with E-state index in [1.165, 1.54) is 0 Å². The molecule has 3 heterocycles. The van der Waals surface area contributed by atoms with E-state index in [1.54, 1.807) is 25.4 Å². The molecule has 1 aliphatic rings. The number of hydrogen-bond donors (Lipinski definition) is 1. The molecule has 1 aliphatic heterocycles. The van der Waals surface area contributed by atoms with Gasteiger partial charge in [0.15, 0.2) is 0 Å². The zero-order valence-electron chi connectivity index (χ0n) is 14.1. The van der Waals surface area contributed by atoms with Gasteiger partial charge in [0, 0.05) is 38.6 Å². The molecule has 0 aliphatic carbocycles. The Labute approximate surface area is 145 Å². The first-order valence-corrected chi connectivity index (χ1v) is 8.15. The number of aromatic nitrogens is 4. The lowest BCUT2D eigenvalue weighted by Gasteiger charge is -2.34. The summed E-state index contributed by atoms with van der Waals surface area (Å²) in [7, 11) is 0. The summed E-state index contributed by atoms with van der Waals surface area (Å²) < 4.78 is 9.90. The van der Waals surface area contributed by atoms with E-state index in [9.17, 15) is 4.79 Å². The molecule has 134 valence electrons. The Balaban J connectivity index is 1.32. The van der Waals surface area contributed by atoms with Crippen LogP contribution in [0.25, 0.3) is 0 Å². The van der Waals surface area contributed by atoms with Crippen LogP contribution >= 0.6 is 0 Å². The molecule has 0 bridgehead atoms. The van der Waals surface area contributed by atoms with Crippen LogP contribution in [0.2, 0.25) is 0 Å². The summed E-state index contributed by atoms with van der Waals surface area (Å²) in [5, 5.41) is 10.1. The first-order valence-electron chi connectivity index (χ1n) is 8.15. The monoisotopic (exact) mass is 347 g/mol. The summed E-state index contributed by atoms with van der Waals surface area (Å²) in [6.45, 7) is 6.04. The first kappa shape index (κ1) is 17.1. The maximum Gasteiger partial charge on any atom is 0.278 e. The van der Waals surface area contributed by atoms with Crippen LogP contribution in [0.15, 0.2) is 23.1 Å². The molecule has 0 spiro atoms. The van der Waals surface area contributed by atoms with Gasteiger partial charge in [-0.05, 0) is 18.1 Å². The van der Waals surface area contributed by atoms with E-state index in [-0.39, 0.29) is 5.91 Å². The molecular weight excluding hydrogens is 326 g/mol. The highest BCUT2D eigenvalue weighted by Crippen LogP contribution is 2.10. The summed E-state index contributed by atoms with van der Waals surface area (Å²) in [4.78, 5) is 24.7. The van der Waals surface area contributed by atoms with Crippen molar-refractivity contribution in [3.8, 4) is 5.88 Å². The van der Waals surface area contributed by atoms with Crippen molar-refractivity contribution in [3.05, 3.63) is 24.2 Å². The zero-order chi connectivity index (χ0) is 17.5. The zero-order valence-corrected chi connectivity index (χ0v) is 14.1. The Morgan fingerprint density at radius 3 is 2.68 bits per heavy atom. The minimum Gasteiger partial charge on any atom is -0.472 e. The van der Waals surface area contributed by atoms with Crippen LogP contribution in [0.4, 0.5) is 5.95 Å². The third-order valence-corrected chi connectivity index (χ3v) is 3.85. The molecule has 3 rings (SSSR count). The minimum absolute atomic E-state index is 0.0250. The van der Waals surface area contributed by atoms with Crippen LogP contribution < -0.4 is 15.0 Å². The second-order valence-electron chi connectivity index (χ2n) is 5.67. The Morgan fingerprint density at radius 1 is 1.24 bits per heavy atom. The third kappa shape index (κ3) is 4.86. The van der Waals surface area contributed by atoms with Gasteiger partial charge in [-0.3, -0.25) is 9.69 Å². The molecule has 0 atom stereocenters. The summed E-state index contributed by atoms with van der Waals surface area (Å²) in [6, 6.07) is 1.80. The maximum absolute atomic E-state index is 12.0. The van der Waals surface area contributed by atoms with Gasteiger partial charge in [0.25, 0.3) is 5.88 Å². The van der Waals surface area contributed by atoms with Gasteiger partial charge in [-0.1, -0.05) is 5.16 Å². The number of aryl methyl sites for hydroxylation is 1. The summed E-state index contributed by atoms with van der Waals surface area (Å²) in [6.07, 6.45) is 3.47. The van der Waals surface area contributed by atoms with Gasteiger partial charge in [0.05, 0.1) is 13.1 Å². The topological polar surface area (TPSA) is 110 Å². The van der Waals surface area contributed by atoms with E-state index in [4.69, 9.17) is 4.74 Å². The molecule has 10 heteroatoms. The van der Waals surface area contributed by atoms with E-state index in [0.29, 0.717) is 31.3 Å². The van der Waals surface area contributed by atoms with Gasteiger partial charge >= 0.3 is 0 Å². The first-order chi connectivity index (χ1) is 12.2. The van der Waals surface area contributed by atoms with Crippen LogP contribution in [0.5, 0.6) is 5.88 Å².